The van der Waals surface area contributed by atoms with Gasteiger partial charge in [-0.05, 0) is 69.9 Å². The van der Waals surface area contributed by atoms with Crippen molar-refractivity contribution < 1.29 is 9.53 Å². The molecule has 7 nitrogen and oxygen atoms in total. The van der Waals surface area contributed by atoms with Gasteiger partial charge < -0.3 is 9.64 Å². The fourth-order valence-corrected chi connectivity index (χ4v) is 3.74. The molecule has 0 spiro atoms. The van der Waals surface area contributed by atoms with Gasteiger partial charge in [0.05, 0.1) is 11.8 Å². The summed E-state index contributed by atoms with van der Waals surface area (Å²) in [6, 6.07) is 9.38. The predicted molar refractivity (Wildman–Crippen MR) is 97.2 cm³/mol. The number of hydrogen-bond acceptors (Lipinski definition) is 6. The van der Waals surface area contributed by atoms with Crippen molar-refractivity contribution in [3.05, 3.63) is 58.5 Å². The van der Waals surface area contributed by atoms with E-state index in [-0.39, 0.29) is 12.0 Å². The number of tetrazole rings is 1. The molecule has 1 amide bonds. The van der Waals surface area contributed by atoms with E-state index in [0.29, 0.717) is 18.7 Å². The van der Waals surface area contributed by atoms with Crippen molar-refractivity contribution in [1.82, 2.24) is 25.1 Å². The van der Waals surface area contributed by atoms with E-state index in [1.54, 1.807) is 16.0 Å². The Morgan fingerprint density at radius 3 is 2.85 bits per heavy atom. The molecular formula is C18H19N5O2S. The van der Waals surface area contributed by atoms with Crippen LogP contribution in [-0.4, -0.2) is 50.3 Å². The number of hydrogen-bond donors (Lipinski definition) is 0. The molecule has 1 saturated heterocycles. The van der Waals surface area contributed by atoms with Crippen molar-refractivity contribution in [2.24, 2.45) is 0 Å². The van der Waals surface area contributed by atoms with E-state index in [9.17, 15) is 4.79 Å². The molecule has 0 aliphatic carbocycles. The number of aromatic nitrogens is 4. The highest BCUT2D eigenvalue weighted by molar-refractivity contribution is 7.07. The highest BCUT2D eigenvalue weighted by atomic mass is 32.1. The first-order valence-electron chi connectivity index (χ1n) is 8.55. The number of amides is 1. The number of carbonyl (C=O) groups excluding carboxylic acids is 1. The second kappa shape index (κ2) is 7.76. The van der Waals surface area contributed by atoms with Crippen LogP contribution < -0.4 is 0 Å². The average Bonchev–Trinajstić information content (AvgIpc) is 3.43. The Labute approximate surface area is 155 Å². The molecule has 3 aromatic rings. The lowest BCUT2D eigenvalue weighted by molar-refractivity contribution is 0.0507. The standard InChI is InChI=1S/C18H19N5O2S/c24-18(15-3-5-16(6-4-15)23-13-19-20-21-23)22(10-14-7-9-26-12-14)11-17-2-1-8-25-17/h3-7,9,12-13,17H,1-2,8,10-11H2/t17-/m1/s1. The largest absolute Gasteiger partial charge is 0.376 e. The zero-order valence-corrected chi connectivity index (χ0v) is 15.0. The third-order valence-corrected chi connectivity index (χ3v) is 5.15. The first-order chi connectivity index (χ1) is 12.8. The summed E-state index contributed by atoms with van der Waals surface area (Å²) in [5, 5.41) is 15.2. The minimum absolute atomic E-state index is 0.00923. The summed E-state index contributed by atoms with van der Waals surface area (Å²) in [7, 11) is 0. The number of benzene rings is 1. The van der Waals surface area contributed by atoms with Gasteiger partial charge in [-0.25, -0.2) is 4.68 Å². The van der Waals surface area contributed by atoms with Crippen LogP contribution in [0.4, 0.5) is 0 Å². The molecule has 134 valence electrons. The number of rotatable bonds is 6. The van der Waals surface area contributed by atoms with Crippen LogP contribution in [-0.2, 0) is 11.3 Å². The van der Waals surface area contributed by atoms with Crippen molar-refractivity contribution in [3.8, 4) is 5.69 Å². The van der Waals surface area contributed by atoms with Gasteiger partial charge in [0.1, 0.15) is 6.33 Å². The van der Waals surface area contributed by atoms with Crippen LogP contribution in [0, 0.1) is 0 Å². The topological polar surface area (TPSA) is 73.1 Å². The van der Waals surface area contributed by atoms with Gasteiger partial charge in [-0.1, -0.05) is 0 Å². The van der Waals surface area contributed by atoms with Gasteiger partial charge in [-0.2, -0.15) is 11.3 Å². The van der Waals surface area contributed by atoms with E-state index in [1.165, 1.54) is 6.33 Å². The first-order valence-corrected chi connectivity index (χ1v) is 9.49. The second-order valence-electron chi connectivity index (χ2n) is 6.25. The predicted octanol–water partition coefficient (Wildman–Crippen LogP) is 2.55. The Hall–Kier alpha value is -2.58. The van der Waals surface area contributed by atoms with Gasteiger partial charge in [-0.15, -0.1) is 5.10 Å². The van der Waals surface area contributed by atoms with Crippen molar-refractivity contribution in [3.63, 3.8) is 0 Å². The molecule has 1 atom stereocenters. The fraction of sp³-hybridized carbons (Fsp3) is 0.333. The SMILES string of the molecule is O=C(c1ccc(-n2cnnn2)cc1)N(Cc1ccsc1)C[C@H]1CCCO1. The minimum atomic E-state index is 0.00923. The summed E-state index contributed by atoms with van der Waals surface area (Å²) in [5.41, 5.74) is 2.61. The molecule has 1 aromatic carbocycles. The molecule has 2 aromatic heterocycles. The van der Waals surface area contributed by atoms with Crippen LogP contribution in [0.15, 0.2) is 47.4 Å². The van der Waals surface area contributed by atoms with Crippen LogP contribution in [0.25, 0.3) is 5.69 Å². The summed E-state index contributed by atoms with van der Waals surface area (Å²) in [6.45, 7) is 1.99. The second-order valence-corrected chi connectivity index (χ2v) is 7.03. The van der Waals surface area contributed by atoms with Gasteiger partial charge in [0.15, 0.2) is 0 Å². The number of ether oxygens (including phenoxy) is 1. The molecule has 0 radical (unpaired) electrons. The van der Waals surface area contributed by atoms with Crippen LogP contribution in [0.1, 0.15) is 28.8 Å². The average molecular weight is 369 g/mol. The zero-order valence-electron chi connectivity index (χ0n) is 14.2. The van der Waals surface area contributed by atoms with Gasteiger partial charge in [-0.3, -0.25) is 4.79 Å². The lowest BCUT2D eigenvalue weighted by Gasteiger charge is -2.25. The normalized spacial score (nSPS) is 16.7. The van der Waals surface area contributed by atoms with Crippen LogP contribution in [0.3, 0.4) is 0 Å². The molecule has 1 aliphatic rings. The van der Waals surface area contributed by atoms with Crippen LogP contribution in [0.5, 0.6) is 0 Å². The molecule has 0 N–H and O–H groups in total. The molecular weight excluding hydrogens is 350 g/mol. The highest BCUT2D eigenvalue weighted by Gasteiger charge is 2.23. The Bertz CT molecular complexity index is 827. The fourth-order valence-electron chi connectivity index (χ4n) is 3.08. The molecule has 0 saturated carbocycles. The summed E-state index contributed by atoms with van der Waals surface area (Å²) in [6.07, 6.45) is 3.72. The van der Waals surface area contributed by atoms with Crippen molar-refractivity contribution in [2.75, 3.05) is 13.2 Å². The molecule has 0 bridgehead atoms. The Balaban J connectivity index is 1.52. The summed E-state index contributed by atoms with van der Waals surface area (Å²) in [5.74, 6) is 0.00923. The maximum Gasteiger partial charge on any atom is 0.254 e. The van der Waals surface area contributed by atoms with E-state index in [2.05, 4.69) is 27.0 Å². The first kappa shape index (κ1) is 16.9. The molecule has 1 aliphatic heterocycles. The lowest BCUT2D eigenvalue weighted by Crippen LogP contribution is -2.36. The maximum absolute atomic E-state index is 13.1. The molecule has 26 heavy (non-hydrogen) atoms. The minimum Gasteiger partial charge on any atom is -0.376 e. The number of thiophene rings is 1. The third-order valence-electron chi connectivity index (χ3n) is 4.42. The van der Waals surface area contributed by atoms with Gasteiger partial charge in [0.25, 0.3) is 5.91 Å². The molecule has 0 unspecified atom stereocenters. The Morgan fingerprint density at radius 2 is 2.19 bits per heavy atom. The monoisotopic (exact) mass is 369 g/mol. The Morgan fingerprint density at radius 1 is 1.31 bits per heavy atom. The summed E-state index contributed by atoms with van der Waals surface area (Å²) >= 11 is 1.64. The van der Waals surface area contributed by atoms with Crippen molar-refractivity contribution in [2.45, 2.75) is 25.5 Å². The van der Waals surface area contributed by atoms with E-state index >= 15 is 0 Å². The van der Waals surface area contributed by atoms with E-state index in [1.807, 2.05) is 34.5 Å². The van der Waals surface area contributed by atoms with Crippen LogP contribution >= 0.6 is 11.3 Å². The number of nitrogens with zero attached hydrogens (tertiary/aromatic N) is 5. The van der Waals surface area contributed by atoms with Crippen molar-refractivity contribution in [1.29, 1.82) is 0 Å². The maximum atomic E-state index is 13.1. The van der Waals surface area contributed by atoms with Crippen molar-refractivity contribution >= 4 is 17.2 Å². The third kappa shape index (κ3) is 3.81. The van der Waals surface area contributed by atoms with Gasteiger partial charge in [0.2, 0.25) is 0 Å². The zero-order chi connectivity index (χ0) is 17.8. The summed E-state index contributed by atoms with van der Waals surface area (Å²) in [4.78, 5) is 15.0. The Kier molecular flexibility index (Phi) is 5.03. The molecule has 3 heterocycles. The molecule has 8 heteroatoms. The molecule has 1 fully saturated rings. The smallest absolute Gasteiger partial charge is 0.254 e. The van der Waals surface area contributed by atoms with E-state index in [0.717, 1.165) is 30.7 Å². The quantitative estimate of drug-likeness (QED) is 0.668. The summed E-state index contributed by atoms with van der Waals surface area (Å²) < 4.78 is 7.30. The van der Waals surface area contributed by atoms with Crippen LogP contribution in [0.2, 0.25) is 0 Å². The van der Waals surface area contributed by atoms with E-state index in [4.69, 9.17) is 4.74 Å². The van der Waals surface area contributed by atoms with Gasteiger partial charge >= 0.3 is 0 Å². The molecule has 4 rings (SSSR count). The lowest BCUT2D eigenvalue weighted by atomic mass is 10.1. The van der Waals surface area contributed by atoms with Gasteiger partial charge in [0, 0.05) is 25.3 Å². The van der Waals surface area contributed by atoms with E-state index < -0.39 is 0 Å². The number of carbonyl (C=O) groups is 1. The highest BCUT2D eigenvalue weighted by Crippen LogP contribution is 2.19.